The Labute approximate surface area is 187 Å². The van der Waals surface area contributed by atoms with Crippen LogP contribution in [0.25, 0.3) is 22.4 Å². The molecule has 0 bridgehead atoms. The zero-order chi connectivity index (χ0) is 22.0. The number of halogens is 2. The van der Waals surface area contributed by atoms with Gasteiger partial charge in [0.15, 0.2) is 6.61 Å². The fourth-order valence-electron chi connectivity index (χ4n) is 3.03. The lowest BCUT2D eigenvalue weighted by Crippen LogP contribution is -2.14. The number of benzene rings is 3. The van der Waals surface area contributed by atoms with Crippen LogP contribution in [0.3, 0.4) is 0 Å². The Kier molecular flexibility index (Phi) is 5.93. The zero-order valence-corrected chi connectivity index (χ0v) is 17.8. The number of H-pyrrole nitrogens is 1. The van der Waals surface area contributed by atoms with Crippen LogP contribution in [0.4, 0.5) is 0 Å². The summed E-state index contributed by atoms with van der Waals surface area (Å²) in [5.41, 5.74) is 2.80. The van der Waals surface area contributed by atoms with Crippen molar-refractivity contribution in [3.05, 3.63) is 81.8 Å². The first-order valence-corrected chi connectivity index (χ1v) is 10.00. The molecule has 1 heterocycles. The molecule has 0 aliphatic heterocycles. The highest BCUT2D eigenvalue weighted by molar-refractivity contribution is 6.36. The minimum atomic E-state index is -0.624. The minimum absolute atomic E-state index is 0.207. The summed E-state index contributed by atoms with van der Waals surface area (Å²) in [7, 11) is 1.61. The predicted octanol–water partition coefficient (Wildman–Crippen LogP) is 5.59. The normalized spacial score (nSPS) is 10.8. The Balaban J connectivity index is 1.48. The highest BCUT2D eigenvalue weighted by Crippen LogP contribution is 2.24. The maximum atomic E-state index is 12.4. The number of aromatic nitrogens is 2. The van der Waals surface area contributed by atoms with E-state index in [9.17, 15) is 9.59 Å². The van der Waals surface area contributed by atoms with E-state index in [-0.39, 0.29) is 10.6 Å². The fourth-order valence-corrected chi connectivity index (χ4v) is 3.54. The molecule has 0 amide bonds. The molecule has 1 N–H and O–H groups in total. The van der Waals surface area contributed by atoms with Gasteiger partial charge in [0.05, 0.1) is 28.7 Å². The molecule has 4 rings (SSSR count). The number of esters is 1. The lowest BCUT2D eigenvalue weighted by atomic mass is 10.1. The molecular formula is C23H16Cl2N2O4. The van der Waals surface area contributed by atoms with Crippen molar-refractivity contribution < 1.29 is 19.1 Å². The van der Waals surface area contributed by atoms with E-state index >= 15 is 0 Å². The Hall–Kier alpha value is -3.35. The number of ketones is 1. The van der Waals surface area contributed by atoms with Crippen molar-refractivity contribution in [2.45, 2.75) is 0 Å². The number of imidazole rings is 1. The molecule has 8 heteroatoms. The minimum Gasteiger partial charge on any atom is -0.497 e. The molecule has 156 valence electrons. The van der Waals surface area contributed by atoms with E-state index in [0.29, 0.717) is 27.4 Å². The maximum absolute atomic E-state index is 12.4. The van der Waals surface area contributed by atoms with E-state index in [2.05, 4.69) is 9.97 Å². The summed E-state index contributed by atoms with van der Waals surface area (Å²) in [6.45, 7) is -0.432. The second-order valence-electron chi connectivity index (χ2n) is 6.67. The van der Waals surface area contributed by atoms with Crippen LogP contribution >= 0.6 is 23.2 Å². The third-order valence-corrected chi connectivity index (χ3v) is 5.19. The van der Waals surface area contributed by atoms with Gasteiger partial charge in [-0.3, -0.25) is 4.79 Å². The van der Waals surface area contributed by atoms with Gasteiger partial charge in [0.1, 0.15) is 11.6 Å². The van der Waals surface area contributed by atoms with Crippen molar-refractivity contribution in [3.63, 3.8) is 0 Å². The topological polar surface area (TPSA) is 81.3 Å². The van der Waals surface area contributed by atoms with Crippen LogP contribution in [0.5, 0.6) is 5.75 Å². The van der Waals surface area contributed by atoms with Gasteiger partial charge in [0.25, 0.3) is 0 Å². The molecular weight excluding hydrogens is 439 g/mol. The predicted molar refractivity (Wildman–Crippen MR) is 119 cm³/mol. The molecule has 31 heavy (non-hydrogen) atoms. The molecule has 0 atom stereocenters. The molecule has 0 aliphatic carbocycles. The average molecular weight is 455 g/mol. The summed E-state index contributed by atoms with van der Waals surface area (Å²) in [5, 5.41) is 0.624. The first kappa shape index (κ1) is 20.9. The van der Waals surface area contributed by atoms with Crippen LogP contribution in [0, 0.1) is 0 Å². The van der Waals surface area contributed by atoms with E-state index in [1.165, 1.54) is 12.1 Å². The van der Waals surface area contributed by atoms with Crippen molar-refractivity contribution in [3.8, 4) is 17.1 Å². The van der Waals surface area contributed by atoms with Crippen molar-refractivity contribution >= 4 is 46.0 Å². The lowest BCUT2D eigenvalue weighted by Gasteiger charge is -2.06. The Morgan fingerprint density at radius 2 is 1.77 bits per heavy atom. The van der Waals surface area contributed by atoms with Crippen molar-refractivity contribution in [1.82, 2.24) is 9.97 Å². The number of carbonyl (C=O) groups is 2. The molecule has 0 unspecified atom stereocenters. The lowest BCUT2D eigenvalue weighted by molar-refractivity contribution is 0.0475. The molecule has 0 saturated heterocycles. The van der Waals surface area contributed by atoms with Gasteiger partial charge in [0, 0.05) is 16.1 Å². The third kappa shape index (κ3) is 4.55. The highest BCUT2D eigenvalue weighted by atomic mass is 35.5. The number of rotatable bonds is 6. The third-order valence-electron chi connectivity index (χ3n) is 4.65. The van der Waals surface area contributed by atoms with Gasteiger partial charge in [-0.05, 0) is 60.7 Å². The number of Topliss-reactive ketones (excluding diaryl/α,β-unsaturated/α-hetero) is 1. The van der Waals surface area contributed by atoms with Gasteiger partial charge in [-0.25, -0.2) is 9.78 Å². The second kappa shape index (κ2) is 8.79. The molecule has 0 fully saturated rings. The summed E-state index contributed by atoms with van der Waals surface area (Å²) in [6.07, 6.45) is 0. The highest BCUT2D eigenvalue weighted by Gasteiger charge is 2.16. The summed E-state index contributed by atoms with van der Waals surface area (Å²) in [4.78, 5) is 32.5. The van der Waals surface area contributed by atoms with Crippen LogP contribution in [0.2, 0.25) is 10.0 Å². The van der Waals surface area contributed by atoms with Crippen LogP contribution in [0.1, 0.15) is 20.7 Å². The molecule has 4 aromatic rings. The van der Waals surface area contributed by atoms with Crippen LogP contribution < -0.4 is 4.74 Å². The van der Waals surface area contributed by atoms with Crippen molar-refractivity contribution in [1.29, 1.82) is 0 Å². The number of hydrogen-bond donors (Lipinski definition) is 1. The number of nitrogens with zero attached hydrogens (tertiary/aromatic N) is 1. The Bertz CT molecular complexity index is 1280. The zero-order valence-electron chi connectivity index (χ0n) is 16.3. The smallest absolute Gasteiger partial charge is 0.338 e. The quantitative estimate of drug-likeness (QED) is 0.303. The number of ether oxygens (including phenoxy) is 2. The van der Waals surface area contributed by atoms with E-state index in [1.54, 1.807) is 31.4 Å². The van der Waals surface area contributed by atoms with E-state index in [4.69, 9.17) is 32.7 Å². The number of nitrogens with one attached hydrogen (secondary N) is 1. The summed E-state index contributed by atoms with van der Waals surface area (Å²) in [5.74, 6) is 0.371. The van der Waals surface area contributed by atoms with E-state index in [1.807, 2.05) is 24.3 Å². The number of carbonyl (C=O) groups excluding carboxylic acids is 2. The molecule has 0 saturated carbocycles. The van der Waals surface area contributed by atoms with Gasteiger partial charge in [-0.1, -0.05) is 23.2 Å². The molecule has 0 aliphatic rings. The SMILES string of the molecule is COc1ccc(-c2nc3ccc(C(=O)OCC(=O)c4ccc(Cl)cc4Cl)cc3[nH]2)cc1. The van der Waals surface area contributed by atoms with Crippen molar-refractivity contribution in [2.75, 3.05) is 13.7 Å². The second-order valence-corrected chi connectivity index (χ2v) is 7.51. The number of methoxy groups -OCH3 is 1. The monoisotopic (exact) mass is 454 g/mol. The van der Waals surface area contributed by atoms with Gasteiger partial charge >= 0.3 is 5.97 Å². The van der Waals surface area contributed by atoms with Gasteiger partial charge in [-0.2, -0.15) is 0 Å². The first-order valence-electron chi connectivity index (χ1n) is 9.24. The van der Waals surface area contributed by atoms with Crippen LogP contribution in [0.15, 0.2) is 60.7 Å². The van der Waals surface area contributed by atoms with E-state index in [0.717, 1.165) is 11.3 Å². The molecule has 1 aromatic heterocycles. The van der Waals surface area contributed by atoms with Gasteiger partial charge < -0.3 is 14.5 Å². The first-order chi connectivity index (χ1) is 14.9. The average Bonchev–Trinajstić information content (AvgIpc) is 3.20. The summed E-state index contributed by atoms with van der Waals surface area (Å²) in [6, 6.07) is 16.9. The van der Waals surface area contributed by atoms with Gasteiger partial charge in [-0.15, -0.1) is 0 Å². The number of hydrogen-bond acceptors (Lipinski definition) is 5. The van der Waals surface area contributed by atoms with E-state index < -0.39 is 18.4 Å². The Morgan fingerprint density at radius 3 is 2.48 bits per heavy atom. The summed E-state index contributed by atoms with van der Waals surface area (Å²) >= 11 is 11.9. The molecule has 0 radical (unpaired) electrons. The van der Waals surface area contributed by atoms with Crippen molar-refractivity contribution in [2.24, 2.45) is 0 Å². The molecule has 3 aromatic carbocycles. The fraction of sp³-hybridized carbons (Fsp3) is 0.0870. The van der Waals surface area contributed by atoms with Gasteiger partial charge in [0.2, 0.25) is 5.78 Å². The number of aromatic amines is 1. The molecule has 6 nitrogen and oxygen atoms in total. The maximum Gasteiger partial charge on any atom is 0.338 e. The summed E-state index contributed by atoms with van der Waals surface area (Å²) < 4.78 is 10.3. The Morgan fingerprint density at radius 1 is 1.00 bits per heavy atom. The largest absolute Gasteiger partial charge is 0.497 e. The standard InChI is InChI=1S/C23H16Cl2N2O4/c1-30-16-6-2-13(3-7-16)22-26-19-9-4-14(10-20(19)27-22)23(29)31-12-21(28)17-8-5-15(24)11-18(17)25/h2-11H,12H2,1H3,(H,26,27). The van der Waals surface area contributed by atoms with Crippen LogP contribution in [-0.4, -0.2) is 35.4 Å². The number of fused-ring (bicyclic) bond motifs is 1. The molecule has 0 spiro atoms. The van der Waals surface area contributed by atoms with Crippen LogP contribution in [-0.2, 0) is 4.74 Å².